The summed E-state index contributed by atoms with van der Waals surface area (Å²) in [6.45, 7) is 0.496. The summed E-state index contributed by atoms with van der Waals surface area (Å²) in [6, 6.07) is 17.5. The van der Waals surface area contributed by atoms with E-state index in [2.05, 4.69) is 10.3 Å². The Kier molecular flexibility index (Phi) is 4.21. The van der Waals surface area contributed by atoms with Crippen molar-refractivity contribution in [3.63, 3.8) is 0 Å². The Hall–Kier alpha value is -3.08. The van der Waals surface area contributed by atoms with E-state index in [0.717, 1.165) is 22.6 Å². The van der Waals surface area contributed by atoms with E-state index < -0.39 is 6.10 Å². The van der Waals surface area contributed by atoms with E-state index in [1.165, 1.54) is 0 Å². The number of rotatable bonds is 5. The second-order valence-corrected chi connectivity index (χ2v) is 5.97. The number of carbonyl (C=O) groups is 1. The summed E-state index contributed by atoms with van der Waals surface area (Å²) in [6.07, 6.45) is 2.41. The molecular formula is C20H18N2O3. The van der Waals surface area contributed by atoms with Crippen molar-refractivity contribution in [2.75, 3.05) is 6.54 Å². The third-order valence-corrected chi connectivity index (χ3v) is 4.19. The number of nitrogens with zero attached hydrogens (tertiary/aromatic N) is 1. The van der Waals surface area contributed by atoms with Crippen molar-refractivity contribution >= 4 is 5.91 Å². The summed E-state index contributed by atoms with van der Waals surface area (Å²) < 4.78 is 11.2. The molecule has 126 valence electrons. The standard InChI is InChI=1S/C20H18N2O3/c23-19(18-12-15-8-4-5-9-17(15)25-18)21-11-10-16-13-24-20(22-16)14-6-2-1-3-7-14/h1-9,13,18H,10-12H2,(H,21,23)/t18-/m1/s1. The van der Waals surface area contributed by atoms with Gasteiger partial charge < -0.3 is 14.5 Å². The van der Waals surface area contributed by atoms with Crippen molar-refractivity contribution in [1.82, 2.24) is 10.3 Å². The molecule has 1 N–H and O–H groups in total. The normalized spacial score (nSPS) is 15.4. The molecule has 2 heterocycles. The molecular weight excluding hydrogens is 316 g/mol. The summed E-state index contributed by atoms with van der Waals surface area (Å²) in [7, 11) is 0. The predicted molar refractivity (Wildman–Crippen MR) is 93.2 cm³/mol. The third-order valence-electron chi connectivity index (χ3n) is 4.19. The largest absolute Gasteiger partial charge is 0.480 e. The van der Waals surface area contributed by atoms with Crippen molar-refractivity contribution in [3.8, 4) is 17.2 Å². The SMILES string of the molecule is O=C(NCCc1coc(-c2ccccc2)n1)[C@H]1Cc2ccccc2O1. The van der Waals surface area contributed by atoms with E-state index in [4.69, 9.17) is 9.15 Å². The molecule has 1 aliphatic heterocycles. The molecule has 1 aliphatic rings. The highest BCUT2D eigenvalue weighted by Crippen LogP contribution is 2.28. The number of ether oxygens (including phenoxy) is 1. The van der Waals surface area contributed by atoms with Gasteiger partial charge in [0, 0.05) is 24.9 Å². The van der Waals surface area contributed by atoms with Crippen LogP contribution in [0.5, 0.6) is 5.75 Å². The number of amides is 1. The highest BCUT2D eigenvalue weighted by Gasteiger charge is 2.28. The van der Waals surface area contributed by atoms with Crippen LogP contribution in [-0.2, 0) is 17.6 Å². The first-order valence-electron chi connectivity index (χ1n) is 8.32. The fourth-order valence-electron chi connectivity index (χ4n) is 2.89. The van der Waals surface area contributed by atoms with Crippen LogP contribution in [0.25, 0.3) is 11.5 Å². The van der Waals surface area contributed by atoms with E-state index in [-0.39, 0.29) is 5.91 Å². The van der Waals surface area contributed by atoms with Crippen LogP contribution in [0.3, 0.4) is 0 Å². The van der Waals surface area contributed by atoms with Gasteiger partial charge in [-0.25, -0.2) is 4.98 Å². The number of benzene rings is 2. The van der Waals surface area contributed by atoms with Gasteiger partial charge in [0.25, 0.3) is 5.91 Å². The zero-order chi connectivity index (χ0) is 17.1. The lowest BCUT2D eigenvalue weighted by molar-refractivity contribution is -0.127. The Morgan fingerprint density at radius 3 is 2.76 bits per heavy atom. The van der Waals surface area contributed by atoms with E-state index in [9.17, 15) is 4.79 Å². The summed E-state index contributed by atoms with van der Waals surface area (Å²) in [4.78, 5) is 16.7. The number of nitrogens with one attached hydrogen (secondary N) is 1. The molecule has 0 saturated heterocycles. The lowest BCUT2D eigenvalue weighted by Crippen LogP contribution is -2.38. The molecule has 3 aromatic rings. The van der Waals surface area contributed by atoms with E-state index in [1.807, 2.05) is 54.6 Å². The lowest BCUT2D eigenvalue weighted by Gasteiger charge is -2.10. The molecule has 5 nitrogen and oxygen atoms in total. The lowest BCUT2D eigenvalue weighted by atomic mass is 10.1. The molecule has 0 unspecified atom stereocenters. The maximum Gasteiger partial charge on any atom is 0.261 e. The van der Waals surface area contributed by atoms with Gasteiger partial charge in [-0.05, 0) is 23.8 Å². The van der Waals surface area contributed by atoms with Crippen LogP contribution in [0.2, 0.25) is 0 Å². The number of hydrogen-bond acceptors (Lipinski definition) is 4. The van der Waals surface area contributed by atoms with Crippen LogP contribution in [0.15, 0.2) is 65.3 Å². The van der Waals surface area contributed by atoms with Crippen LogP contribution in [-0.4, -0.2) is 23.5 Å². The van der Waals surface area contributed by atoms with Crippen molar-refractivity contribution in [3.05, 3.63) is 72.1 Å². The molecule has 0 bridgehead atoms. The summed E-state index contributed by atoms with van der Waals surface area (Å²) in [5, 5.41) is 2.91. The predicted octanol–water partition coefficient (Wildman–Crippen LogP) is 3.00. The van der Waals surface area contributed by atoms with E-state index in [0.29, 0.717) is 25.3 Å². The Labute approximate surface area is 145 Å². The molecule has 5 heteroatoms. The van der Waals surface area contributed by atoms with Gasteiger partial charge in [0.05, 0.1) is 5.69 Å². The summed E-state index contributed by atoms with van der Waals surface area (Å²) in [5.41, 5.74) is 2.83. The van der Waals surface area contributed by atoms with Gasteiger partial charge in [-0.1, -0.05) is 36.4 Å². The van der Waals surface area contributed by atoms with Gasteiger partial charge in [0.2, 0.25) is 5.89 Å². The van der Waals surface area contributed by atoms with E-state index in [1.54, 1.807) is 6.26 Å². The quantitative estimate of drug-likeness (QED) is 0.779. The average molecular weight is 334 g/mol. The molecule has 0 spiro atoms. The minimum Gasteiger partial charge on any atom is -0.480 e. The fraction of sp³-hybridized carbons (Fsp3) is 0.200. The first-order chi connectivity index (χ1) is 12.3. The second kappa shape index (κ2) is 6.81. The number of carbonyl (C=O) groups excluding carboxylic acids is 1. The first kappa shape index (κ1) is 15.4. The smallest absolute Gasteiger partial charge is 0.261 e. The molecule has 4 rings (SSSR count). The van der Waals surface area contributed by atoms with E-state index >= 15 is 0 Å². The maximum absolute atomic E-state index is 12.3. The van der Waals surface area contributed by atoms with Crippen LogP contribution in [0, 0.1) is 0 Å². The summed E-state index contributed by atoms with van der Waals surface area (Å²) >= 11 is 0. The number of oxazole rings is 1. The van der Waals surface area contributed by atoms with Gasteiger partial charge in [0.15, 0.2) is 6.10 Å². The molecule has 1 aromatic heterocycles. The van der Waals surface area contributed by atoms with Gasteiger partial charge in [-0.15, -0.1) is 0 Å². The first-order valence-corrected chi connectivity index (χ1v) is 8.32. The molecule has 0 fully saturated rings. The van der Waals surface area contributed by atoms with Crippen LogP contribution >= 0.6 is 0 Å². The monoisotopic (exact) mass is 334 g/mol. The maximum atomic E-state index is 12.3. The van der Waals surface area contributed by atoms with Gasteiger partial charge in [0.1, 0.15) is 12.0 Å². The Balaban J connectivity index is 1.29. The summed E-state index contributed by atoms with van der Waals surface area (Å²) in [5.74, 6) is 1.30. The minimum atomic E-state index is -0.449. The van der Waals surface area contributed by atoms with Gasteiger partial charge in [-0.2, -0.15) is 0 Å². The molecule has 1 atom stereocenters. The zero-order valence-corrected chi connectivity index (χ0v) is 13.6. The third kappa shape index (κ3) is 3.40. The van der Waals surface area contributed by atoms with Crippen molar-refractivity contribution in [2.24, 2.45) is 0 Å². The Bertz CT molecular complexity index is 848. The molecule has 0 saturated carbocycles. The minimum absolute atomic E-state index is 0.0945. The van der Waals surface area contributed by atoms with Crippen molar-refractivity contribution in [2.45, 2.75) is 18.9 Å². The average Bonchev–Trinajstić information content (AvgIpc) is 3.29. The Morgan fingerprint density at radius 2 is 1.92 bits per heavy atom. The number of para-hydroxylation sites is 1. The van der Waals surface area contributed by atoms with Gasteiger partial charge in [-0.3, -0.25) is 4.79 Å². The molecule has 25 heavy (non-hydrogen) atoms. The van der Waals surface area contributed by atoms with Crippen molar-refractivity contribution < 1.29 is 13.9 Å². The topological polar surface area (TPSA) is 64.4 Å². The fourth-order valence-corrected chi connectivity index (χ4v) is 2.89. The van der Waals surface area contributed by atoms with Crippen LogP contribution < -0.4 is 10.1 Å². The number of aromatic nitrogens is 1. The number of hydrogen-bond donors (Lipinski definition) is 1. The molecule has 0 aliphatic carbocycles. The number of fused-ring (bicyclic) bond motifs is 1. The molecule has 1 amide bonds. The second-order valence-electron chi connectivity index (χ2n) is 5.97. The van der Waals surface area contributed by atoms with Gasteiger partial charge >= 0.3 is 0 Å². The highest BCUT2D eigenvalue weighted by atomic mass is 16.5. The zero-order valence-electron chi connectivity index (χ0n) is 13.6. The molecule has 2 aromatic carbocycles. The highest BCUT2D eigenvalue weighted by molar-refractivity contribution is 5.82. The van der Waals surface area contributed by atoms with Crippen molar-refractivity contribution in [1.29, 1.82) is 0 Å². The van der Waals surface area contributed by atoms with Crippen LogP contribution in [0.1, 0.15) is 11.3 Å². The van der Waals surface area contributed by atoms with Crippen LogP contribution in [0.4, 0.5) is 0 Å². The molecule has 0 radical (unpaired) electrons. The Morgan fingerprint density at radius 1 is 1.12 bits per heavy atom.